The van der Waals surface area contributed by atoms with Crippen LogP contribution in [0.2, 0.25) is 0 Å². The molecule has 1 spiro atoms. The smallest absolute Gasteiger partial charge is 0.319 e. The number of amides is 3. The summed E-state index contributed by atoms with van der Waals surface area (Å²) in [6.07, 6.45) is 3.53. The highest BCUT2D eigenvalue weighted by molar-refractivity contribution is 5.77. The van der Waals surface area contributed by atoms with E-state index in [1.807, 2.05) is 4.90 Å². The highest BCUT2D eigenvalue weighted by Gasteiger charge is 2.46. The highest BCUT2D eigenvalue weighted by atomic mass is 16.2. The van der Waals surface area contributed by atoms with Crippen LogP contribution in [0.15, 0.2) is 24.3 Å². The molecule has 2 aliphatic rings. The zero-order chi connectivity index (χ0) is 17.3. The Morgan fingerprint density at radius 1 is 1.25 bits per heavy atom. The molecule has 1 saturated heterocycles. The first kappa shape index (κ1) is 16.8. The minimum atomic E-state index is 0.0954. The van der Waals surface area contributed by atoms with E-state index in [1.165, 1.54) is 11.1 Å². The summed E-state index contributed by atoms with van der Waals surface area (Å²) in [6, 6.07) is 8.66. The van der Waals surface area contributed by atoms with Crippen molar-refractivity contribution in [3.05, 3.63) is 35.4 Å². The summed E-state index contributed by atoms with van der Waals surface area (Å²) in [6.45, 7) is 1.58. The number of carbonyl (C=O) groups excluding carboxylic acids is 2. The molecule has 1 aliphatic heterocycles. The molecule has 0 unspecified atom stereocenters. The van der Waals surface area contributed by atoms with Crippen LogP contribution in [0, 0.1) is 0 Å². The average molecular weight is 329 g/mol. The van der Waals surface area contributed by atoms with E-state index < -0.39 is 0 Å². The number of nitrogens with zero attached hydrogens (tertiary/aromatic N) is 2. The Morgan fingerprint density at radius 2 is 1.92 bits per heavy atom. The molecule has 0 aromatic heterocycles. The van der Waals surface area contributed by atoms with Gasteiger partial charge >= 0.3 is 6.03 Å². The van der Waals surface area contributed by atoms with Gasteiger partial charge in [-0.1, -0.05) is 24.3 Å². The van der Waals surface area contributed by atoms with Gasteiger partial charge in [0.05, 0.1) is 0 Å². The van der Waals surface area contributed by atoms with Crippen LogP contribution in [-0.2, 0) is 10.2 Å². The summed E-state index contributed by atoms with van der Waals surface area (Å²) in [5.74, 6) is 0.393. The molecule has 0 bridgehead atoms. The fraction of sp³-hybridized carbons (Fsp3) is 0.579. The molecule has 1 aromatic carbocycles. The molecule has 0 radical (unpaired) electrons. The standard InChI is InChI=1S/C19H27N3O2/c1-20-17(23)12-14-13-19(16-7-5-4-6-15(14)16)8-10-22(11-9-19)18(24)21(2)3/h4-7,14H,8-13H2,1-3H3,(H,20,23)/t14-/m1/s1. The number of hydrogen-bond acceptors (Lipinski definition) is 2. The maximum atomic E-state index is 12.2. The molecule has 3 rings (SSSR count). The van der Waals surface area contributed by atoms with Gasteiger partial charge in [0.15, 0.2) is 0 Å². The van der Waals surface area contributed by atoms with Crippen molar-refractivity contribution < 1.29 is 9.59 Å². The number of piperidine rings is 1. The molecule has 1 atom stereocenters. The van der Waals surface area contributed by atoms with Crippen molar-refractivity contribution in [2.75, 3.05) is 34.2 Å². The third-order valence-corrected chi connectivity index (χ3v) is 5.69. The van der Waals surface area contributed by atoms with Crippen LogP contribution in [-0.4, -0.2) is 56.0 Å². The van der Waals surface area contributed by atoms with Crippen LogP contribution in [0.3, 0.4) is 0 Å². The lowest BCUT2D eigenvalue weighted by atomic mass is 9.73. The third kappa shape index (κ3) is 2.87. The Kier molecular flexibility index (Phi) is 4.52. The molecule has 130 valence electrons. The summed E-state index contributed by atoms with van der Waals surface area (Å²) in [5, 5.41) is 2.75. The maximum absolute atomic E-state index is 12.2. The minimum absolute atomic E-state index is 0.0954. The van der Waals surface area contributed by atoms with E-state index in [4.69, 9.17) is 0 Å². The van der Waals surface area contributed by atoms with Gasteiger partial charge in [0, 0.05) is 40.7 Å². The lowest BCUT2D eigenvalue weighted by molar-refractivity contribution is -0.121. The number of rotatable bonds is 2. The first-order valence-electron chi connectivity index (χ1n) is 8.73. The Balaban J connectivity index is 1.80. The van der Waals surface area contributed by atoms with Gasteiger partial charge in [-0.2, -0.15) is 0 Å². The van der Waals surface area contributed by atoms with E-state index in [0.29, 0.717) is 6.42 Å². The van der Waals surface area contributed by atoms with E-state index in [0.717, 1.165) is 32.4 Å². The second-order valence-corrected chi connectivity index (χ2v) is 7.31. The van der Waals surface area contributed by atoms with E-state index in [1.54, 1.807) is 26.0 Å². The van der Waals surface area contributed by atoms with E-state index >= 15 is 0 Å². The lowest BCUT2D eigenvalue weighted by Gasteiger charge is -2.41. The second-order valence-electron chi connectivity index (χ2n) is 7.31. The van der Waals surface area contributed by atoms with Gasteiger partial charge in [-0.3, -0.25) is 4.79 Å². The van der Waals surface area contributed by atoms with Gasteiger partial charge in [0.25, 0.3) is 0 Å². The van der Waals surface area contributed by atoms with Crippen LogP contribution >= 0.6 is 0 Å². The van der Waals surface area contributed by atoms with Crippen molar-refractivity contribution in [3.63, 3.8) is 0 Å². The molecule has 5 heteroatoms. The summed E-state index contributed by atoms with van der Waals surface area (Å²) >= 11 is 0. The lowest BCUT2D eigenvalue weighted by Crippen LogP contribution is -2.47. The molecule has 24 heavy (non-hydrogen) atoms. The molecular weight excluding hydrogens is 302 g/mol. The van der Waals surface area contributed by atoms with Crippen molar-refractivity contribution >= 4 is 11.9 Å². The number of carbonyl (C=O) groups is 2. The van der Waals surface area contributed by atoms with Crippen molar-refractivity contribution in [3.8, 4) is 0 Å². The zero-order valence-corrected chi connectivity index (χ0v) is 14.8. The van der Waals surface area contributed by atoms with Crippen LogP contribution in [0.1, 0.15) is 42.7 Å². The predicted molar refractivity (Wildman–Crippen MR) is 94.1 cm³/mol. The molecule has 1 fully saturated rings. The minimum Gasteiger partial charge on any atom is -0.359 e. The van der Waals surface area contributed by atoms with Gasteiger partial charge in [0.1, 0.15) is 0 Å². The van der Waals surface area contributed by atoms with Gasteiger partial charge in [-0.15, -0.1) is 0 Å². The molecule has 3 amide bonds. The van der Waals surface area contributed by atoms with E-state index in [-0.39, 0.29) is 23.3 Å². The van der Waals surface area contributed by atoms with Crippen molar-refractivity contribution in [1.82, 2.24) is 15.1 Å². The van der Waals surface area contributed by atoms with Gasteiger partial charge in [0.2, 0.25) is 5.91 Å². The van der Waals surface area contributed by atoms with Crippen LogP contribution in [0.5, 0.6) is 0 Å². The van der Waals surface area contributed by atoms with E-state index in [2.05, 4.69) is 29.6 Å². The second kappa shape index (κ2) is 6.46. The van der Waals surface area contributed by atoms with Gasteiger partial charge in [-0.25, -0.2) is 4.79 Å². The molecule has 1 heterocycles. The van der Waals surface area contributed by atoms with Crippen LogP contribution in [0.4, 0.5) is 4.79 Å². The first-order valence-corrected chi connectivity index (χ1v) is 8.73. The SMILES string of the molecule is CNC(=O)C[C@@H]1CC2(CCN(C(=O)N(C)C)CC2)c2ccccc21. The number of hydrogen-bond donors (Lipinski definition) is 1. The Labute approximate surface area is 144 Å². The molecule has 1 aliphatic carbocycles. The first-order chi connectivity index (χ1) is 11.5. The van der Waals surface area contributed by atoms with Gasteiger partial charge in [-0.05, 0) is 41.7 Å². The molecular formula is C19H27N3O2. The highest BCUT2D eigenvalue weighted by Crippen LogP contribution is 2.52. The Bertz CT molecular complexity index is 633. The number of fused-ring (bicyclic) bond motifs is 2. The van der Waals surface area contributed by atoms with Crippen molar-refractivity contribution in [2.45, 2.75) is 37.0 Å². The summed E-state index contributed by atoms with van der Waals surface area (Å²) in [7, 11) is 5.30. The number of likely N-dealkylation sites (tertiary alicyclic amines) is 1. The Morgan fingerprint density at radius 3 is 2.54 bits per heavy atom. The quantitative estimate of drug-likeness (QED) is 0.905. The third-order valence-electron chi connectivity index (χ3n) is 5.69. The fourth-order valence-corrected chi connectivity index (χ4v) is 4.42. The van der Waals surface area contributed by atoms with Crippen LogP contribution in [0.25, 0.3) is 0 Å². The maximum Gasteiger partial charge on any atom is 0.319 e. The van der Waals surface area contributed by atoms with Gasteiger partial charge < -0.3 is 15.1 Å². The molecule has 0 saturated carbocycles. The monoisotopic (exact) mass is 329 g/mol. The number of urea groups is 1. The average Bonchev–Trinajstić information content (AvgIpc) is 2.88. The molecule has 5 nitrogen and oxygen atoms in total. The fourth-order valence-electron chi connectivity index (χ4n) is 4.42. The van der Waals surface area contributed by atoms with Crippen molar-refractivity contribution in [1.29, 1.82) is 0 Å². The van der Waals surface area contributed by atoms with Crippen LogP contribution < -0.4 is 5.32 Å². The van der Waals surface area contributed by atoms with Crippen molar-refractivity contribution in [2.24, 2.45) is 0 Å². The topological polar surface area (TPSA) is 52.7 Å². The van der Waals surface area contributed by atoms with E-state index in [9.17, 15) is 9.59 Å². The summed E-state index contributed by atoms with van der Waals surface area (Å²) in [5.41, 5.74) is 2.85. The Hall–Kier alpha value is -2.04. The normalized spacial score (nSPS) is 21.5. The number of benzene rings is 1. The predicted octanol–water partition coefficient (Wildman–Crippen LogP) is 2.33. The number of nitrogens with one attached hydrogen (secondary N) is 1. The largest absolute Gasteiger partial charge is 0.359 e. The zero-order valence-electron chi connectivity index (χ0n) is 14.8. The molecule has 1 N–H and O–H groups in total. The summed E-state index contributed by atoms with van der Waals surface area (Å²) in [4.78, 5) is 27.7. The summed E-state index contributed by atoms with van der Waals surface area (Å²) < 4.78 is 0. The molecule has 1 aromatic rings.